The first-order chi connectivity index (χ1) is 20.9. The third-order valence-corrected chi connectivity index (χ3v) is 3.21. The Bertz CT molecular complexity index is 1010. The minimum absolute atomic E-state index is 0. The molecule has 1 aromatic heterocycles. The molecule has 1 N–H and O–H groups in total. The number of hydrogen-bond acceptors (Lipinski definition) is 7. The summed E-state index contributed by atoms with van der Waals surface area (Å²) in [6, 6.07) is 5.86. The quantitative estimate of drug-likeness (QED) is 0.0421. The van der Waals surface area contributed by atoms with E-state index in [-0.39, 0.29) is 21.3 Å². The van der Waals surface area contributed by atoms with Crippen LogP contribution in [0.5, 0.6) is 0 Å². The van der Waals surface area contributed by atoms with Gasteiger partial charge in [0.25, 0.3) is 0 Å². The van der Waals surface area contributed by atoms with Gasteiger partial charge < -0.3 is 28.7 Å². The van der Waals surface area contributed by atoms with Gasteiger partial charge in [-0.15, -0.1) is 0 Å². The van der Waals surface area contributed by atoms with Crippen molar-refractivity contribution in [3.05, 3.63) is 79.1 Å². The lowest BCUT2D eigenvalue weighted by atomic mass is 10.2. The Labute approximate surface area is 272 Å². The molecule has 0 aliphatic rings. The molecule has 0 atom stereocenters. The van der Waals surface area contributed by atoms with Gasteiger partial charge in [-0.25, -0.2) is 23.7 Å². The van der Waals surface area contributed by atoms with Crippen LogP contribution in [0.3, 0.4) is 0 Å². The number of pyridine rings is 1. The summed E-state index contributed by atoms with van der Waals surface area (Å²) < 4.78 is 70.4. The van der Waals surface area contributed by atoms with E-state index in [1.54, 1.807) is 51.9 Å². The van der Waals surface area contributed by atoms with Crippen LogP contribution in [0, 0.1) is 0 Å². The second-order valence-electron chi connectivity index (χ2n) is 8.12. The van der Waals surface area contributed by atoms with Crippen molar-refractivity contribution in [1.29, 1.82) is 0 Å². The largest absolute Gasteiger partial charge is 1.00 e. The Morgan fingerprint density at radius 2 is 1.26 bits per heavy atom. The van der Waals surface area contributed by atoms with E-state index in [4.69, 9.17) is 0 Å². The highest BCUT2D eigenvalue weighted by atomic mass is 19.4. The highest BCUT2D eigenvalue weighted by Crippen LogP contribution is 1.95. The van der Waals surface area contributed by atoms with Gasteiger partial charge >= 0.3 is 27.0 Å². The number of aldehydes is 1. The first-order valence-corrected chi connectivity index (χ1v) is 12.4. The smallest absolute Gasteiger partial charge is 0.762 e. The molecule has 0 aliphatic carbocycles. The van der Waals surface area contributed by atoms with E-state index in [0.29, 0.717) is 11.9 Å². The van der Waals surface area contributed by atoms with Crippen LogP contribution in [0.4, 0.5) is 25.9 Å². The van der Waals surface area contributed by atoms with Crippen LogP contribution >= 0.6 is 0 Å². The minimum atomic E-state index is -3.67. The fourth-order valence-electron chi connectivity index (χ4n) is 1.68. The number of esters is 2. The van der Waals surface area contributed by atoms with E-state index in [9.17, 15) is 40.3 Å². The molecule has 0 aromatic carbocycles. The Morgan fingerprint density at radius 1 is 0.809 bits per heavy atom. The number of H-pyrrole nitrogens is 1. The van der Waals surface area contributed by atoms with Gasteiger partial charge in [-0.1, -0.05) is 6.07 Å². The second kappa shape index (κ2) is 43.4. The third kappa shape index (κ3) is 79.6. The summed E-state index contributed by atoms with van der Waals surface area (Å²) in [5, 5.41) is 0. The average Bonchev–Trinajstić information content (AvgIpc) is 2.94. The molecule has 47 heavy (non-hydrogen) atoms. The molecule has 0 radical (unpaired) electrons. The molecule has 1 heterocycles. The van der Waals surface area contributed by atoms with Crippen LogP contribution in [0.2, 0.25) is 0 Å². The maximum atomic E-state index is 11.3. The molecule has 0 saturated heterocycles. The van der Waals surface area contributed by atoms with Crippen LogP contribution < -0.4 is 14.4 Å². The lowest BCUT2D eigenvalue weighted by Gasteiger charge is -2.01. The standard InChI is InChI=1S/C11H19N2O2.C6H11NO2.C5H8NO.C5H5N.2BF3.2FH/c1-12(2)8-6-7-10(9-13(3)4)11(14)15-5;1-7(2)5-4-6(8)9-3;1-6(2)4-3-5-7;1-2-4-6-5-3-1;2*2-1(3)4;;/h6-9H,1-5H3;4-5H,1-3H3;3-5H,1H2,2H3;1-5H;;;2*1H/q+1;;+1;;;;;/p-1/b;5-4+;4-3+;;;;;. The van der Waals surface area contributed by atoms with Crippen molar-refractivity contribution in [2.24, 2.45) is 0 Å². The third-order valence-electron chi connectivity index (χ3n) is 3.21. The Kier molecular flexibility index (Phi) is 53.4. The predicted octanol–water partition coefficient (Wildman–Crippen LogP) is -2.95. The summed E-state index contributed by atoms with van der Waals surface area (Å²) in [4.78, 5) is 37.8. The van der Waals surface area contributed by atoms with E-state index in [2.05, 4.69) is 21.2 Å². The van der Waals surface area contributed by atoms with E-state index < -0.39 is 15.1 Å². The monoisotopic (exact) mass is 692 g/mol. The van der Waals surface area contributed by atoms with E-state index in [1.165, 1.54) is 26.4 Å². The van der Waals surface area contributed by atoms with Gasteiger partial charge in [-0.05, 0) is 18.4 Å². The molecule has 0 amide bonds. The van der Waals surface area contributed by atoms with Crippen LogP contribution in [-0.4, -0.2) is 129 Å². The van der Waals surface area contributed by atoms with E-state index in [0.717, 1.165) is 0 Å². The van der Waals surface area contributed by atoms with Crippen molar-refractivity contribution in [3.63, 3.8) is 0 Å². The summed E-state index contributed by atoms with van der Waals surface area (Å²) in [6.45, 7) is 3.46. The fourth-order valence-corrected chi connectivity index (χ4v) is 1.68. The maximum Gasteiger partial charge on any atom is 0.762 e. The molecule has 20 heteroatoms. The number of nitrogens with zero attached hydrogens (tertiary/aromatic N) is 4. The lowest BCUT2D eigenvalue weighted by molar-refractivity contribution is -0.458. The number of ether oxygens (including phenoxy) is 2. The summed E-state index contributed by atoms with van der Waals surface area (Å²) in [6.07, 6.45) is 17.5. The first-order valence-electron chi connectivity index (χ1n) is 12.4. The molecule has 0 saturated carbocycles. The van der Waals surface area contributed by atoms with Gasteiger partial charge in [-0.3, -0.25) is 30.7 Å². The SMILES string of the molecule is C=[N+](C)/C=C/C=O.COC(=O)/C=C/N(C)C.COC(=O)C(=CC=CN(C)C)C=[N+](C)C.FB(F)F.FB(F)F.[F-].[F-].c1cc[nH+]cc1. The number of aromatic amines is 1. The fraction of sp³-hybridized carbons (Fsp3) is 0.333. The molecular weight excluding hydrogens is 648 g/mol. The highest BCUT2D eigenvalue weighted by molar-refractivity contribution is 6.33. The number of hydrogen-bond donors (Lipinski definition) is 0. The number of carbonyl (C=O) groups excluding carboxylic acids is 3. The Morgan fingerprint density at radius 3 is 1.49 bits per heavy atom. The van der Waals surface area contributed by atoms with Crippen molar-refractivity contribution >= 4 is 46.2 Å². The van der Waals surface area contributed by atoms with E-state index in [1.807, 2.05) is 84.0 Å². The zero-order valence-corrected chi connectivity index (χ0v) is 27.8. The second-order valence-corrected chi connectivity index (χ2v) is 8.12. The van der Waals surface area contributed by atoms with Gasteiger partial charge in [0.15, 0.2) is 24.8 Å². The molecular formula is C27H44B2F8N5O5+. The van der Waals surface area contributed by atoms with Crippen LogP contribution in [0.15, 0.2) is 79.1 Å². The molecule has 1 rings (SSSR count). The number of rotatable bonds is 8. The van der Waals surface area contributed by atoms with Crippen molar-refractivity contribution < 1.29 is 73.3 Å². The van der Waals surface area contributed by atoms with Crippen LogP contribution in [-0.2, 0) is 23.9 Å². The molecule has 10 nitrogen and oxygen atoms in total. The molecule has 0 unspecified atom stereocenters. The zero-order chi connectivity index (χ0) is 36.2. The maximum absolute atomic E-state index is 11.3. The minimum Gasteiger partial charge on any atom is -1.00 e. The van der Waals surface area contributed by atoms with Crippen molar-refractivity contribution in [2.75, 3.05) is 63.6 Å². The van der Waals surface area contributed by atoms with Gasteiger partial charge in [0, 0.05) is 58.7 Å². The van der Waals surface area contributed by atoms with Gasteiger partial charge in [0.1, 0.15) is 39.7 Å². The Balaban J connectivity index is -0.0000000867. The average molecular weight is 692 g/mol. The molecule has 0 spiro atoms. The summed E-state index contributed by atoms with van der Waals surface area (Å²) in [5.74, 6) is -0.671. The number of methoxy groups -OCH3 is 2. The van der Waals surface area contributed by atoms with Crippen molar-refractivity contribution in [1.82, 2.24) is 9.80 Å². The predicted molar refractivity (Wildman–Crippen MR) is 166 cm³/mol. The van der Waals surface area contributed by atoms with Crippen LogP contribution in [0.25, 0.3) is 0 Å². The van der Waals surface area contributed by atoms with Gasteiger partial charge in [0.05, 0.1) is 14.2 Å². The van der Waals surface area contributed by atoms with E-state index >= 15 is 0 Å². The van der Waals surface area contributed by atoms with Crippen molar-refractivity contribution in [3.8, 4) is 0 Å². The summed E-state index contributed by atoms with van der Waals surface area (Å²) in [5.41, 5.74) is 0.514. The first kappa shape index (κ1) is 57.8. The normalized spacial score (nSPS) is 9.04. The molecule has 1 aromatic rings. The van der Waals surface area contributed by atoms with Gasteiger partial charge in [-0.2, -0.15) is 0 Å². The summed E-state index contributed by atoms with van der Waals surface area (Å²) in [7, 11) is 8.34. The molecule has 0 fully saturated rings. The number of allylic oxidation sites excluding steroid dienone is 3. The number of halogens is 8. The lowest BCUT2D eigenvalue weighted by Crippen LogP contribution is -3.00. The summed E-state index contributed by atoms with van der Waals surface area (Å²) >= 11 is 0. The molecule has 0 bridgehead atoms. The van der Waals surface area contributed by atoms with Gasteiger partial charge in [0.2, 0.25) is 0 Å². The highest BCUT2D eigenvalue weighted by Gasteiger charge is 2.09. The van der Waals surface area contributed by atoms with Crippen molar-refractivity contribution in [2.45, 2.75) is 0 Å². The Hall–Kier alpha value is -4.77. The number of nitrogens with one attached hydrogen (secondary N) is 1. The molecule has 268 valence electrons. The topological polar surface area (TPSA) is 96.3 Å². The number of aromatic nitrogens is 1. The number of carbonyl (C=O) groups is 3. The van der Waals surface area contributed by atoms with Crippen LogP contribution in [0.1, 0.15) is 0 Å². The zero-order valence-electron chi connectivity index (χ0n) is 27.8. The molecule has 0 aliphatic heterocycles.